The van der Waals surface area contributed by atoms with Crippen molar-refractivity contribution in [2.24, 2.45) is 0 Å². The average Bonchev–Trinajstić information content (AvgIpc) is 3.32. The summed E-state index contributed by atoms with van der Waals surface area (Å²) < 4.78 is 26.0. The molecule has 38 heavy (non-hydrogen) atoms. The van der Waals surface area contributed by atoms with E-state index in [2.05, 4.69) is 48.0 Å². The number of unbranched alkanes of at least 4 members (excludes halogenated alkanes) is 3. The molecule has 220 valence electrons. The van der Waals surface area contributed by atoms with Crippen LogP contribution in [-0.2, 0) is 14.3 Å². The van der Waals surface area contributed by atoms with Crippen LogP contribution in [-0.4, -0.2) is 70.4 Å². The van der Waals surface area contributed by atoms with Gasteiger partial charge in [-0.05, 0) is 27.2 Å². The maximum Gasteiger partial charge on any atom is 0.408 e. The van der Waals surface area contributed by atoms with E-state index in [-0.39, 0.29) is 6.54 Å². The van der Waals surface area contributed by atoms with Crippen LogP contribution < -0.4 is 10.1 Å². The highest BCUT2D eigenvalue weighted by Gasteiger charge is 2.36. The first-order valence-corrected chi connectivity index (χ1v) is 14.8. The summed E-state index contributed by atoms with van der Waals surface area (Å²) in [6.45, 7) is 19.5. The molecule has 0 bridgehead atoms. The zero-order valence-electron chi connectivity index (χ0n) is 25.5. The number of carbonyl (C=O) groups is 2. The Morgan fingerprint density at radius 3 is 2.39 bits per heavy atom. The number of alkyl carbamates (subject to hydrolysis) is 1. The lowest BCUT2D eigenvalue weighted by atomic mass is 10.0. The van der Waals surface area contributed by atoms with Crippen molar-refractivity contribution >= 4 is 29.4 Å². The van der Waals surface area contributed by atoms with E-state index in [4.69, 9.17) is 14.2 Å². The van der Waals surface area contributed by atoms with E-state index in [1.165, 1.54) is 19.3 Å². The molecule has 0 saturated carbocycles. The molecule has 1 N–H and O–H groups in total. The Balaban J connectivity index is 0.00000255. The summed E-state index contributed by atoms with van der Waals surface area (Å²) in [5, 5.41) is 2.44. The van der Waals surface area contributed by atoms with Crippen molar-refractivity contribution in [3.63, 3.8) is 0 Å². The summed E-state index contributed by atoms with van der Waals surface area (Å²) in [5.41, 5.74) is 1.21. The molecule has 1 aromatic heterocycles. The van der Waals surface area contributed by atoms with E-state index in [0.29, 0.717) is 23.5 Å². The third-order valence-corrected chi connectivity index (χ3v) is 6.03. The maximum absolute atomic E-state index is 12.3. The van der Waals surface area contributed by atoms with Gasteiger partial charge in [-0.1, -0.05) is 66.4 Å². The number of hydrogen-bond donors (Lipinski definition) is 1. The first-order valence-electron chi connectivity index (χ1n) is 14.1. The van der Waals surface area contributed by atoms with E-state index in [0.717, 1.165) is 48.8 Å². The monoisotopic (exact) mass is 557 g/mol. The molecular formula is C28H53N4O5S+. The second kappa shape index (κ2) is 19.0. The number of ether oxygens (including phenoxy) is 3. The van der Waals surface area contributed by atoms with Crippen molar-refractivity contribution in [1.29, 1.82) is 0 Å². The number of nitrogens with one attached hydrogen (secondary N) is 1. The smallest absolute Gasteiger partial charge is 0.408 e. The van der Waals surface area contributed by atoms with Gasteiger partial charge in [-0.25, -0.2) is 9.59 Å². The molecule has 0 radical (unpaired) electrons. The number of nitrogens with zero attached hydrogens (tertiary/aromatic N) is 3. The number of rotatable bonds is 11. The largest absolute Gasteiger partial charge is 0.475 e. The van der Waals surface area contributed by atoms with Gasteiger partial charge in [0.25, 0.3) is 5.88 Å². The van der Waals surface area contributed by atoms with Crippen LogP contribution in [0.4, 0.5) is 4.79 Å². The Hall–Kier alpha value is -2.20. The number of carbonyl (C=O) groups excluding carboxylic acids is 2. The fourth-order valence-corrected chi connectivity index (χ4v) is 4.07. The number of hydrogen-bond acceptors (Lipinski definition) is 8. The van der Waals surface area contributed by atoms with Crippen LogP contribution in [0, 0.1) is 0 Å². The molecule has 2 rings (SSSR count). The maximum atomic E-state index is 12.3. The van der Waals surface area contributed by atoms with Crippen LogP contribution in [0.25, 0.3) is 5.57 Å². The minimum atomic E-state index is -0.644. The lowest BCUT2D eigenvalue weighted by Gasteiger charge is -2.41. The fourth-order valence-electron chi connectivity index (χ4n) is 3.53. The number of amides is 1. The average molecular weight is 558 g/mol. The first kappa shape index (κ1) is 35.8. The van der Waals surface area contributed by atoms with Gasteiger partial charge >= 0.3 is 12.1 Å². The summed E-state index contributed by atoms with van der Waals surface area (Å²) in [6.07, 6.45) is 7.75. The lowest BCUT2D eigenvalue weighted by Crippen LogP contribution is -2.55. The molecule has 0 saturated heterocycles. The van der Waals surface area contributed by atoms with Gasteiger partial charge in [0, 0.05) is 18.9 Å². The molecule has 10 heteroatoms. The Kier molecular flexibility index (Phi) is 17.9. The predicted molar refractivity (Wildman–Crippen MR) is 155 cm³/mol. The number of esters is 1. The molecule has 1 amide bonds. The molecule has 0 aliphatic carbocycles. The van der Waals surface area contributed by atoms with Crippen LogP contribution in [0.15, 0.2) is 6.08 Å². The van der Waals surface area contributed by atoms with Gasteiger partial charge in [0.15, 0.2) is 0 Å². The molecule has 0 spiro atoms. The molecule has 1 aliphatic heterocycles. The van der Waals surface area contributed by atoms with Crippen molar-refractivity contribution in [2.45, 2.75) is 113 Å². The summed E-state index contributed by atoms with van der Waals surface area (Å²) in [7, 11) is 2.05. The number of aromatic nitrogens is 2. The third-order valence-electron chi connectivity index (χ3n) is 5.52. The lowest BCUT2D eigenvalue weighted by molar-refractivity contribution is -0.944. The summed E-state index contributed by atoms with van der Waals surface area (Å²) in [4.78, 5) is 24.1. The molecule has 2 unspecified atom stereocenters. The van der Waals surface area contributed by atoms with E-state index in [1.54, 1.807) is 20.8 Å². The number of quaternary nitrogens is 1. The van der Waals surface area contributed by atoms with Crippen molar-refractivity contribution in [3.8, 4) is 5.88 Å². The molecule has 0 fully saturated rings. The quantitative estimate of drug-likeness (QED) is 0.186. The highest BCUT2D eigenvalue weighted by atomic mass is 32.1. The summed E-state index contributed by atoms with van der Waals surface area (Å²) in [5.74, 6) is 0.0812. The van der Waals surface area contributed by atoms with Crippen molar-refractivity contribution in [2.75, 3.05) is 33.3 Å². The highest BCUT2D eigenvalue weighted by molar-refractivity contribution is 6.99. The minimum Gasteiger partial charge on any atom is -0.475 e. The molecule has 2 atom stereocenters. The minimum absolute atomic E-state index is 0.242. The molecule has 9 nitrogen and oxygen atoms in total. The zero-order chi connectivity index (χ0) is 29.2. The highest BCUT2D eigenvalue weighted by Crippen LogP contribution is 2.31. The van der Waals surface area contributed by atoms with Crippen LogP contribution in [0.3, 0.4) is 0 Å². The Bertz CT molecular complexity index is 837. The molecule has 0 aromatic carbocycles. The third kappa shape index (κ3) is 14.1. The van der Waals surface area contributed by atoms with Crippen LogP contribution >= 0.6 is 11.7 Å². The van der Waals surface area contributed by atoms with Gasteiger partial charge in [-0.3, -0.25) is 4.48 Å². The SMILES string of the molecule is CC.CCC.CCCCCCOc1nsnc1C1=CCC[N+](C)(C(C)OC(=O)CNC(=O)OC(C)(C)C)C1. The van der Waals surface area contributed by atoms with E-state index < -0.39 is 23.9 Å². The van der Waals surface area contributed by atoms with Gasteiger partial charge in [-0.15, -0.1) is 4.37 Å². The predicted octanol–water partition coefficient (Wildman–Crippen LogP) is 6.59. The zero-order valence-corrected chi connectivity index (χ0v) is 26.3. The molecular weight excluding hydrogens is 504 g/mol. The Morgan fingerprint density at radius 2 is 1.79 bits per heavy atom. The molecule has 2 heterocycles. The van der Waals surface area contributed by atoms with Crippen molar-refractivity contribution in [3.05, 3.63) is 11.8 Å². The topological polar surface area (TPSA) is 99.6 Å². The van der Waals surface area contributed by atoms with Gasteiger partial charge in [-0.2, -0.15) is 4.37 Å². The van der Waals surface area contributed by atoms with Crippen LogP contribution in [0.5, 0.6) is 5.88 Å². The molecule has 1 aromatic rings. The van der Waals surface area contributed by atoms with Gasteiger partial charge in [0.2, 0.25) is 6.23 Å². The Labute approximate surface area is 235 Å². The summed E-state index contributed by atoms with van der Waals surface area (Å²) >= 11 is 1.15. The van der Waals surface area contributed by atoms with Crippen LogP contribution in [0.1, 0.15) is 107 Å². The molecule has 1 aliphatic rings. The van der Waals surface area contributed by atoms with Gasteiger partial charge in [0.1, 0.15) is 24.4 Å². The normalized spacial score (nSPS) is 17.5. The van der Waals surface area contributed by atoms with E-state index in [1.807, 2.05) is 20.8 Å². The Morgan fingerprint density at radius 1 is 1.13 bits per heavy atom. The van der Waals surface area contributed by atoms with Crippen LogP contribution in [0.2, 0.25) is 0 Å². The number of likely N-dealkylation sites (N-methyl/N-ethyl adjacent to an activating group) is 1. The van der Waals surface area contributed by atoms with Crippen molar-refractivity contribution in [1.82, 2.24) is 14.1 Å². The summed E-state index contributed by atoms with van der Waals surface area (Å²) in [6, 6.07) is 0. The fraction of sp³-hybridized carbons (Fsp3) is 0.786. The second-order valence-electron chi connectivity index (χ2n) is 10.4. The first-order chi connectivity index (χ1) is 18.0. The van der Waals surface area contributed by atoms with Gasteiger partial charge in [0.05, 0.1) is 31.9 Å². The van der Waals surface area contributed by atoms with E-state index in [9.17, 15) is 9.59 Å². The van der Waals surface area contributed by atoms with Crippen molar-refractivity contribution < 1.29 is 28.3 Å². The van der Waals surface area contributed by atoms with Gasteiger partial charge < -0.3 is 19.5 Å². The second-order valence-corrected chi connectivity index (χ2v) is 10.9. The standard InChI is InChI=1S/C23H38N4O5S.C3H8.C2H6/c1-7-8-9-10-14-30-21-20(25-33-26-21)18-12-11-13-27(6,16-18)17(2)31-19(28)15-24-22(29)32-23(3,4)5;1-3-2;1-2/h12,17H,7-11,13-16H2,1-6H3;3H2,1-2H3;1-2H3/p+1. The van der Waals surface area contributed by atoms with E-state index >= 15 is 0 Å².